The predicted molar refractivity (Wildman–Crippen MR) is 50.0 cm³/mol. The van der Waals surface area contributed by atoms with Crippen LogP contribution in [-0.2, 0) is 10.0 Å². The van der Waals surface area contributed by atoms with Crippen molar-refractivity contribution in [3.05, 3.63) is 16.8 Å². The molecule has 0 aromatic carbocycles. The van der Waals surface area contributed by atoms with Crippen molar-refractivity contribution in [1.29, 1.82) is 0 Å². The Bertz CT molecular complexity index is 491. The molecule has 15 heavy (non-hydrogen) atoms. The topological polar surface area (TPSA) is 99.1 Å². The van der Waals surface area contributed by atoms with Gasteiger partial charge in [0.15, 0.2) is 0 Å². The maximum absolute atomic E-state index is 12.4. The average molecular weight is 258 g/mol. The Morgan fingerprint density at radius 1 is 1.47 bits per heavy atom. The summed E-state index contributed by atoms with van der Waals surface area (Å²) in [5.74, 6) is -0.370. The van der Waals surface area contributed by atoms with Gasteiger partial charge in [0.2, 0.25) is 10.0 Å². The molecular formula is C6H6ClF2N3O2S. The molecule has 0 aliphatic heterocycles. The third-order valence-corrected chi connectivity index (χ3v) is 3.05. The normalized spacial score (nSPS) is 12.1. The number of hydrogen-bond donors (Lipinski definition) is 2. The van der Waals surface area contributed by atoms with E-state index in [1.807, 2.05) is 0 Å². The molecule has 5 nitrogen and oxygen atoms in total. The summed E-state index contributed by atoms with van der Waals surface area (Å²) in [5.41, 5.74) is 4.31. The van der Waals surface area contributed by atoms with Gasteiger partial charge in [-0.1, -0.05) is 11.6 Å². The third-order valence-electron chi connectivity index (χ3n) is 1.55. The van der Waals surface area contributed by atoms with Gasteiger partial charge in [-0.15, -0.1) is 0 Å². The third kappa shape index (κ3) is 2.33. The minimum atomic E-state index is -4.36. The SMILES string of the molecule is Nc1ncc(C(F)F)c(S(N)(=O)=O)c1Cl. The molecule has 4 N–H and O–H groups in total. The maximum atomic E-state index is 12.4. The number of nitrogen functional groups attached to an aromatic ring is 1. The van der Waals surface area contributed by atoms with E-state index in [1.165, 1.54) is 0 Å². The van der Waals surface area contributed by atoms with Crippen LogP contribution >= 0.6 is 11.6 Å². The average Bonchev–Trinajstić information content (AvgIpc) is 2.06. The lowest BCUT2D eigenvalue weighted by atomic mass is 10.3. The largest absolute Gasteiger partial charge is 0.382 e. The number of alkyl halides is 2. The van der Waals surface area contributed by atoms with Crippen molar-refractivity contribution in [1.82, 2.24) is 4.98 Å². The van der Waals surface area contributed by atoms with Gasteiger partial charge in [0, 0.05) is 6.20 Å². The van der Waals surface area contributed by atoms with Crippen LogP contribution in [0.3, 0.4) is 0 Å². The molecule has 0 bridgehead atoms. The van der Waals surface area contributed by atoms with Crippen LogP contribution in [0.2, 0.25) is 5.02 Å². The van der Waals surface area contributed by atoms with E-state index in [0.717, 1.165) is 0 Å². The number of anilines is 1. The lowest BCUT2D eigenvalue weighted by Gasteiger charge is -2.09. The molecular weight excluding hydrogens is 252 g/mol. The first-order valence-electron chi connectivity index (χ1n) is 3.50. The predicted octanol–water partition coefficient (Wildman–Crippen LogP) is 0.902. The van der Waals surface area contributed by atoms with Gasteiger partial charge in [-0.25, -0.2) is 27.3 Å². The molecule has 1 heterocycles. The van der Waals surface area contributed by atoms with E-state index in [4.69, 9.17) is 22.5 Å². The summed E-state index contributed by atoms with van der Waals surface area (Å²) < 4.78 is 46.8. The van der Waals surface area contributed by atoms with Crippen LogP contribution in [0.25, 0.3) is 0 Å². The smallest absolute Gasteiger partial charge is 0.266 e. The summed E-state index contributed by atoms with van der Waals surface area (Å²) in [4.78, 5) is 2.44. The van der Waals surface area contributed by atoms with Crippen LogP contribution in [0.5, 0.6) is 0 Å². The number of aromatic nitrogens is 1. The number of pyridine rings is 1. The summed E-state index contributed by atoms with van der Waals surface area (Å²) in [6.45, 7) is 0. The van der Waals surface area contributed by atoms with Gasteiger partial charge < -0.3 is 5.73 Å². The second kappa shape index (κ2) is 3.87. The zero-order valence-corrected chi connectivity index (χ0v) is 8.69. The van der Waals surface area contributed by atoms with Gasteiger partial charge in [0.1, 0.15) is 15.7 Å². The van der Waals surface area contributed by atoms with Crippen LogP contribution in [0.4, 0.5) is 14.6 Å². The first-order chi connectivity index (χ1) is 6.75. The summed E-state index contributed by atoms with van der Waals surface area (Å²) in [7, 11) is -4.36. The Morgan fingerprint density at radius 3 is 2.40 bits per heavy atom. The fourth-order valence-electron chi connectivity index (χ4n) is 0.942. The number of halogens is 3. The van der Waals surface area contributed by atoms with Crippen molar-refractivity contribution < 1.29 is 17.2 Å². The number of hydrogen-bond acceptors (Lipinski definition) is 4. The van der Waals surface area contributed by atoms with Crippen molar-refractivity contribution in [3.8, 4) is 0 Å². The van der Waals surface area contributed by atoms with Crippen LogP contribution in [-0.4, -0.2) is 13.4 Å². The van der Waals surface area contributed by atoms with E-state index in [1.54, 1.807) is 0 Å². The Labute approximate surface area is 89.1 Å². The molecule has 0 fully saturated rings. The molecule has 0 saturated heterocycles. The van der Waals surface area contributed by atoms with Crippen molar-refractivity contribution >= 4 is 27.4 Å². The molecule has 0 aliphatic rings. The van der Waals surface area contributed by atoms with E-state index < -0.39 is 31.9 Å². The molecule has 9 heteroatoms. The van der Waals surface area contributed by atoms with Crippen LogP contribution in [0.15, 0.2) is 11.1 Å². The Kier molecular flexibility index (Phi) is 3.12. The Hall–Kier alpha value is -0.990. The fraction of sp³-hybridized carbons (Fsp3) is 0.167. The minimum absolute atomic E-state index is 0.370. The monoisotopic (exact) mass is 257 g/mol. The number of sulfonamides is 1. The quantitative estimate of drug-likeness (QED) is 0.822. The highest BCUT2D eigenvalue weighted by atomic mass is 35.5. The highest BCUT2D eigenvalue weighted by Gasteiger charge is 2.25. The van der Waals surface area contributed by atoms with Crippen LogP contribution in [0, 0.1) is 0 Å². The fourth-order valence-corrected chi connectivity index (χ4v) is 2.25. The molecule has 0 radical (unpaired) electrons. The molecule has 0 amide bonds. The Balaban J connectivity index is 3.65. The molecule has 0 spiro atoms. The van der Waals surface area contributed by atoms with Crippen molar-refractivity contribution in [3.63, 3.8) is 0 Å². The number of nitrogens with two attached hydrogens (primary N) is 2. The first kappa shape index (κ1) is 12.1. The zero-order chi connectivity index (χ0) is 11.8. The van der Waals surface area contributed by atoms with Crippen LogP contribution < -0.4 is 10.9 Å². The second-order valence-electron chi connectivity index (χ2n) is 2.59. The van der Waals surface area contributed by atoms with Crippen LogP contribution in [0.1, 0.15) is 12.0 Å². The van der Waals surface area contributed by atoms with E-state index in [-0.39, 0.29) is 5.82 Å². The van der Waals surface area contributed by atoms with Gasteiger partial charge in [-0.2, -0.15) is 0 Å². The number of rotatable bonds is 2. The van der Waals surface area contributed by atoms with Crippen molar-refractivity contribution in [2.75, 3.05) is 5.73 Å². The highest BCUT2D eigenvalue weighted by Crippen LogP contribution is 2.33. The zero-order valence-electron chi connectivity index (χ0n) is 7.12. The molecule has 1 aromatic heterocycles. The molecule has 1 rings (SSSR count). The lowest BCUT2D eigenvalue weighted by Crippen LogP contribution is -2.16. The van der Waals surface area contributed by atoms with Gasteiger partial charge >= 0.3 is 0 Å². The van der Waals surface area contributed by atoms with Gasteiger partial charge in [-0.3, -0.25) is 0 Å². The van der Waals surface area contributed by atoms with Crippen molar-refractivity contribution in [2.45, 2.75) is 11.3 Å². The Morgan fingerprint density at radius 2 is 2.00 bits per heavy atom. The highest BCUT2D eigenvalue weighted by molar-refractivity contribution is 7.89. The molecule has 0 aliphatic carbocycles. The van der Waals surface area contributed by atoms with E-state index in [0.29, 0.717) is 6.20 Å². The van der Waals surface area contributed by atoms with Crippen molar-refractivity contribution in [2.24, 2.45) is 5.14 Å². The molecule has 0 unspecified atom stereocenters. The second-order valence-corrected chi connectivity index (χ2v) is 4.46. The summed E-state index contributed by atoms with van der Waals surface area (Å²) in [5, 5.41) is 4.15. The number of primary sulfonamides is 1. The molecule has 1 aromatic rings. The lowest BCUT2D eigenvalue weighted by molar-refractivity contribution is 0.147. The standard InChI is InChI=1S/C6H6ClF2N3O2S/c7-3-4(15(11,13)14)2(5(8)9)1-12-6(3)10/h1,5H,(H2,10,12)(H2,11,13,14). The number of nitrogens with zero attached hydrogens (tertiary/aromatic N) is 1. The minimum Gasteiger partial charge on any atom is -0.382 e. The van der Waals surface area contributed by atoms with E-state index >= 15 is 0 Å². The van der Waals surface area contributed by atoms with Gasteiger partial charge in [0.25, 0.3) is 6.43 Å². The van der Waals surface area contributed by atoms with Gasteiger partial charge in [-0.05, 0) is 0 Å². The van der Waals surface area contributed by atoms with E-state index in [9.17, 15) is 17.2 Å². The molecule has 0 atom stereocenters. The first-order valence-corrected chi connectivity index (χ1v) is 5.42. The van der Waals surface area contributed by atoms with E-state index in [2.05, 4.69) is 4.98 Å². The summed E-state index contributed by atoms with van der Waals surface area (Å²) in [6, 6.07) is 0. The summed E-state index contributed by atoms with van der Waals surface area (Å²) >= 11 is 5.45. The maximum Gasteiger partial charge on any atom is 0.266 e. The summed E-state index contributed by atoms with van der Waals surface area (Å²) in [6.07, 6.45) is -2.42. The molecule has 0 saturated carbocycles. The van der Waals surface area contributed by atoms with Gasteiger partial charge in [0.05, 0.1) is 5.56 Å². The molecule has 84 valence electrons.